The smallest absolute Gasteiger partial charge is 0.262 e. The fourth-order valence-corrected chi connectivity index (χ4v) is 10.3. The van der Waals surface area contributed by atoms with Crippen molar-refractivity contribution in [2.45, 2.75) is 0 Å². The predicted molar refractivity (Wildman–Crippen MR) is 110 cm³/mol. The maximum Gasteiger partial charge on any atom is 0.262 e. The van der Waals surface area contributed by atoms with Crippen LogP contribution in [0.3, 0.4) is 0 Å². The van der Waals surface area contributed by atoms with Crippen molar-refractivity contribution in [2.75, 3.05) is 16.8 Å². The van der Waals surface area contributed by atoms with Crippen LogP contribution in [0, 0.1) is 0 Å². The van der Waals surface area contributed by atoms with Crippen LogP contribution in [0.5, 0.6) is 0 Å². The lowest BCUT2D eigenvalue weighted by Gasteiger charge is -2.08. The molecule has 0 atom stereocenters. The van der Waals surface area contributed by atoms with Gasteiger partial charge in [0.05, 0.1) is 21.9 Å². The fourth-order valence-electron chi connectivity index (χ4n) is 1.87. The van der Waals surface area contributed by atoms with Gasteiger partial charge in [-0.15, -0.1) is 23.5 Å². The van der Waals surface area contributed by atoms with Gasteiger partial charge in [-0.2, -0.15) is 0 Å². The Labute approximate surface area is 159 Å². The number of pyridine rings is 1. The molecular weight excluding hydrogens is 405 g/mol. The molecule has 0 saturated carbocycles. The maximum absolute atomic E-state index is 12.3. The van der Waals surface area contributed by atoms with Crippen LogP contribution >= 0.6 is 70.6 Å². The number of aromatic nitrogens is 1. The molecule has 0 aromatic carbocycles. The van der Waals surface area contributed by atoms with Gasteiger partial charge in [-0.05, 0) is 17.5 Å². The Morgan fingerprint density at radius 2 is 1.65 bits per heavy atom. The average Bonchev–Trinajstić information content (AvgIpc) is 3.22. The van der Waals surface area contributed by atoms with Crippen molar-refractivity contribution in [1.82, 2.24) is 4.98 Å². The molecular formula is C14H10N2OS6. The van der Waals surface area contributed by atoms with E-state index in [1.807, 2.05) is 52.5 Å². The molecule has 0 aliphatic carbocycles. The minimum absolute atomic E-state index is 0.0567. The molecule has 1 amide bonds. The summed E-state index contributed by atoms with van der Waals surface area (Å²) in [6.45, 7) is 0. The van der Waals surface area contributed by atoms with E-state index < -0.39 is 0 Å². The van der Waals surface area contributed by atoms with Gasteiger partial charge in [0.15, 0.2) is 0 Å². The number of rotatable bonds is 2. The first-order valence-electron chi connectivity index (χ1n) is 6.65. The molecule has 3 aliphatic heterocycles. The molecule has 118 valence electrons. The fraction of sp³-hybridized carbons (Fsp3) is 0.143. The number of hydrogen-bond donors (Lipinski definition) is 1. The van der Waals surface area contributed by atoms with E-state index in [1.54, 1.807) is 48.1 Å². The van der Waals surface area contributed by atoms with E-state index in [0.29, 0.717) is 0 Å². The van der Waals surface area contributed by atoms with Crippen molar-refractivity contribution in [1.29, 1.82) is 0 Å². The summed E-state index contributed by atoms with van der Waals surface area (Å²) in [6, 6.07) is 3.58. The molecule has 0 radical (unpaired) electrons. The lowest BCUT2D eigenvalue weighted by molar-refractivity contribution is -0.112. The number of anilines is 1. The summed E-state index contributed by atoms with van der Waals surface area (Å²) in [4.78, 5) is 17.0. The van der Waals surface area contributed by atoms with Crippen molar-refractivity contribution in [3.63, 3.8) is 0 Å². The largest absolute Gasteiger partial charge is 0.321 e. The van der Waals surface area contributed by atoms with Gasteiger partial charge in [0.1, 0.15) is 0 Å². The van der Waals surface area contributed by atoms with Crippen molar-refractivity contribution in [3.05, 3.63) is 51.8 Å². The average molecular weight is 415 g/mol. The van der Waals surface area contributed by atoms with Gasteiger partial charge >= 0.3 is 0 Å². The highest BCUT2D eigenvalue weighted by molar-refractivity contribution is 8.43. The van der Waals surface area contributed by atoms with Crippen LogP contribution in [0.1, 0.15) is 0 Å². The predicted octanol–water partition coefficient (Wildman–Crippen LogP) is 5.55. The Morgan fingerprint density at radius 3 is 2.35 bits per heavy atom. The highest BCUT2D eigenvalue weighted by Gasteiger charge is 2.30. The Bertz CT molecular complexity index is 723. The van der Waals surface area contributed by atoms with Crippen LogP contribution in [-0.4, -0.2) is 22.4 Å². The molecule has 1 aromatic rings. The molecule has 0 fully saturated rings. The first-order valence-corrected chi connectivity index (χ1v) is 12.0. The Hall–Kier alpha value is -0.0600. The van der Waals surface area contributed by atoms with Crippen molar-refractivity contribution >= 4 is 82.2 Å². The van der Waals surface area contributed by atoms with Gasteiger partial charge in [0.2, 0.25) is 0 Å². The van der Waals surface area contributed by atoms with Crippen LogP contribution in [-0.2, 0) is 4.79 Å². The van der Waals surface area contributed by atoms with Gasteiger partial charge in [0.25, 0.3) is 5.91 Å². The van der Waals surface area contributed by atoms with E-state index in [4.69, 9.17) is 0 Å². The van der Waals surface area contributed by atoms with Crippen LogP contribution in [0.25, 0.3) is 0 Å². The van der Waals surface area contributed by atoms with Crippen molar-refractivity contribution in [2.24, 2.45) is 0 Å². The number of thioether (sulfide) groups is 6. The topological polar surface area (TPSA) is 42.0 Å². The molecule has 1 aromatic heterocycles. The van der Waals surface area contributed by atoms with Gasteiger partial charge in [-0.3, -0.25) is 9.78 Å². The van der Waals surface area contributed by atoms with Gasteiger partial charge in [-0.25, -0.2) is 0 Å². The SMILES string of the molecule is O=C(Nc1ccncc1)C1=CSC(=C2SC3=C(SCCS3)S2)S1. The van der Waals surface area contributed by atoms with Crippen LogP contribution in [0.2, 0.25) is 0 Å². The van der Waals surface area contributed by atoms with Crippen LogP contribution in [0.4, 0.5) is 5.69 Å². The molecule has 9 heteroatoms. The van der Waals surface area contributed by atoms with Gasteiger partial charge < -0.3 is 5.32 Å². The number of nitrogens with one attached hydrogen (secondary N) is 1. The zero-order chi connectivity index (χ0) is 15.6. The van der Waals surface area contributed by atoms with Gasteiger partial charge in [0, 0.05) is 29.6 Å². The Morgan fingerprint density at radius 1 is 0.957 bits per heavy atom. The second-order valence-electron chi connectivity index (χ2n) is 4.44. The Balaban J connectivity index is 1.41. The third kappa shape index (κ3) is 3.80. The summed E-state index contributed by atoms with van der Waals surface area (Å²) in [5.74, 6) is 2.33. The summed E-state index contributed by atoms with van der Waals surface area (Å²) in [6.07, 6.45) is 3.34. The van der Waals surface area contributed by atoms with Crippen LogP contribution in [0.15, 0.2) is 51.8 Å². The molecule has 0 spiro atoms. The first-order chi connectivity index (χ1) is 11.3. The van der Waals surface area contributed by atoms with Crippen molar-refractivity contribution in [3.8, 4) is 0 Å². The quantitative estimate of drug-likeness (QED) is 0.675. The summed E-state index contributed by atoms with van der Waals surface area (Å²) >= 11 is 10.8. The monoisotopic (exact) mass is 414 g/mol. The maximum atomic E-state index is 12.3. The van der Waals surface area contributed by atoms with E-state index >= 15 is 0 Å². The molecule has 23 heavy (non-hydrogen) atoms. The minimum atomic E-state index is -0.0567. The summed E-state index contributed by atoms with van der Waals surface area (Å²) in [5.41, 5.74) is 0.771. The van der Waals surface area contributed by atoms with Crippen molar-refractivity contribution < 1.29 is 4.79 Å². The van der Waals surface area contributed by atoms with E-state index in [-0.39, 0.29) is 5.91 Å². The molecule has 0 bridgehead atoms. The standard InChI is InChI=1S/C14H10N2OS6/c17-10(16-8-1-3-15-4-2-8)9-7-20-13(21-9)14-22-11-12(23-14)19-6-5-18-11/h1-4,7H,5-6H2,(H,15,16,17). The van der Waals surface area contributed by atoms with Gasteiger partial charge in [-0.1, -0.05) is 47.0 Å². The summed E-state index contributed by atoms with van der Waals surface area (Å²) < 4.78 is 5.40. The normalized spacial score (nSPS) is 20.6. The molecule has 4 heterocycles. The summed E-state index contributed by atoms with van der Waals surface area (Å²) in [5, 5.41) is 4.86. The van der Waals surface area contributed by atoms with Crippen LogP contribution < -0.4 is 5.32 Å². The highest BCUT2D eigenvalue weighted by atomic mass is 32.3. The molecule has 0 saturated heterocycles. The molecule has 1 N–H and O–H groups in total. The van der Waals surface area contributed by atoms with E-state index in [0.717, 1.165) is 10.6 Å². The number of hydrogen-bond acceptors (Lipinski definition) is 8. The lowest BCUT2D eigenvalue weighted by atomic mass is 10.4. The van der Waals surface area contributed by atoms with E-state index in [1.165, 1.54) is 28.5 Å². The number of carbonyl (C=O) groups is 1. The van der Waals surface area contributed by atoms with E-state index in [9.17, 15) is 4.79 Å². The first kappa shape index (κ1) is 16.4. The molecule has 3 nitrogen and oxygen atoms in total. The number of carbonyl (C=O) groups excluding carboxylic acids is 1. The van der Waals surface area contributed by atoms with E-state index in [2.05, 4.69) is 10.3 Å². The highest BCUT2D eigenvalue weighted by Crippen LogP contribution is 2.63. The Kier molecular flexibility index (Phi) is 5.31. The third-order valence-electron chi connectivity index (χ3n) is 2.89. The second kappa shape index (κ2) is 7.45. The summed E-state index contributed by atoms with van der Waals surface area (Å²) in [7, 11) is 0. The minimum Gasteiger partial charge on any atom is -0.321 e. The molecule has 4 rings (SSSR count). The molecule has 3 aliphatic rings. The second-order valence-corrected chi connectivity index (χ2v) is 11.7. The zero-order valence-corrected chi connectivity index (χ0v) is 16.5. The number of amides is 1. The molecule has 0 unspecified atom stereocenters. The number of nitrogens with zero attached hydrogens (tertiary/aromatic N) is 1. The zero-order valence-electron chi connectivity index (χ0n) is 11.6. The third-order valence-corrected chi connectivity index (χ3v) is 11.6. The lowest BCUT2D eigenvalue weighted by Crippen LogP contribution is -2.11.